The molecular formula is C14H18N6O5. The number of nitrogens with zero attached hydrogens (tertiary/aromatic N) is 4. The van der Waals surface area contributed by atoms with Gasteiger partial charge in [-0.25, -0.2) is 19.7 Å². The summed E-state index contributed by atoms with van der Waals surface area (Å²) in [7, 11) is 0. The van der Waals surface area contributed by atoms with Crippen molar-refractivity contribution in [3.63, 3.8) is 0 Å². The fourth-order valence-electron chi connectivity index (χ4n) is 2.83. The van der Waals surface area contributed by atoms with Gasteiger partial charge in [-0.1, -0.05) is 0 Å². The van der Waals surface area contributed by atoms with E-state index in [1.54, 1.807) is 0 Å². The van der Waals surface area contributed by atoms with Crippen molar-refractivity contribution in [2.75, 3.05) is 11.9 Å². The molecule has 4 rings (SSSR count). The average Bonchev–Trinajstić information content (AvgIpc) is 3.23. The molecule has 2 aromatic rings. The van der Waals surface area contributed by atoms with E-state index in [9.17, 15) is 15.0 Å². The van der Waals surface area contributed by atoms with E-state index in [0.29, 0.717) is 23.0 Å². The summed E-state index contributed by atoms with van der Waals surface area (Å²) in [6.45, 7) is -0.264. The number of fused-ring (bicyclic) bond motifs is 1. The molecule has 11 heteroatoms. The Bertz CT molecular complexity index is 793. The summed E-state index contributed by atoms with van der Waals surface area (Å²) in [4.78, 5) is 23.4. The summed E-state index contributed by atoms with van der Waals surface area (Å²) in [6, 6.07) is 0.397. The van der Waals surface area contributed by atoms with Gasteiger partial charge in [0, 0.05) is 6.04 Å². The van der Waals surface area contributed by atoms with E-state index in [1.165, 1.54) is 17.2 Å². The highest BCUT2D eigenvalue weighted by atomic mass is 16.6. The quantitative estimate of drug-likeness (QED) is 0.537. The van der Waals surface area contributed by atoms with Crippen molar-refractivity contribution in [1.82, 2.24) is 19.5 Å². The number of aliphatic hydroxyl groups is 2. The number of hydrogen-bond donors (Lipinski definition) is 4. The van der Waals surface area contributed by atoms with Crippen LogP contribution in [-0.2, 0) is 9.47 Å². The Balaban J connectivity index is 1.59. The number of nitrogens with one attached hydrogen (secondary N) is 1. The van der Waals surface area contributed by atoms with Crippen LogP contribution in [-0.4, -0.2) is 66.8 Å². The Morgan fingerprint density at radius 3 is 2.88 bits per heavy atom. The first kappa shape index (κ1) is 16.0. The lowest BCUT2D eigenvalue weighted by molar-refractivity contribution is -0.0526. The van der Waals surface area contributed by atoms with Gasteiger partial charge in [0.25, 0.3) is 0 Å². The fraction of sp³-hybridized carbons (Fsp3) is 0.571. The van der Waals surface area contributed by atoms with Crippen LogP contribution in [0.25, 0.3) is 11.2 Å². The molecule has 2 aromatic heterocycles. The number of primary amides is 1. The van der Waals surface area contributed by atoms with E-state index in [0.717, 1.165) is 12.8 Å². The minimum atomic E-state index is -1.24. The number of ether oxygens (including phenoxy) is 2. The van der Waals surface area contributed by atoms with Gasteiger partial charge in [0.1, 0.15) is 31.2 Å². The maximum atomic E-state index is 10.7. The lowest BCUT2D eigenvalue weighted by Gasteiger charge is -2.16. The molecule has 5 N–H and O–H groups in total. The topological polar surface area (TPSA) is 158 Å². The number of carbonyl (C=O) groups is 1. The summed E-state index contributed by atoms with van der Waals surface area (Å²) >= 11 is 0. The molecule has 1 amide bonds. The van der Waals surface area contributed by atoms with Crippen LogP contribution in [0, 0.1) is 0 Å². The summed E-state index contributed by atoms with van der Waals surface area (Å²) in [5.41, 5.74) is 5.93. The molecule has 0 aromatic carbocycles. The first-order valence-electron chi connectivity index (χ1n) is 7.92. The third kappa shape index (κ3) is 2.97. The van der Waals surface area contributed by atoms with Crippen molar-refractivity contribution in [3.05, 3.63) is 12.7 Å². The predicted molar refractivity (Wildman–Crippen MR) is 83.4 cm³/mol. The Kier molecular flexibility index (Phi) is 3.90. The van der Waals surface area contributed by atoms with Gasteiger partial charge in [0.15, 0.2) is 23.2 Å². The summed E-state index contributed by atoms with van der Waals surface area (Å²) < 4.78 is 11.8. The molecule has 1 aliphatic heterocycles. The Morgan fingerprint density at radius 1 is 1.36 bits per heavy atom. The Morgan fingerprint density at radius 2 is 2.16 bits per heavy atom. The summed E-state index contributed by atoms with van der Waals surface area (Å²) in [6.07, 6.45) is -0.256. The average molecular weight is 350 g/mol. The van der Waals surface area contributed by atoms with Gasteiger partial charge in [0.2, 0.25) is 0 Å². The normalized spacial score (nSPS) is 29.0. The minimum absolute atomic E-state index is 0.264. The van der Waals surface area contributed by atoms with Crippen molar-refractivity contribution in [2.45, 2.75) is 43.4 Å². The molecule has 0 spiro atoms. The lowest BCUT2D eigenvalue weighted by atomic mass is 10.1. The number of imidazole rings is 1. The molecule has 0 bridgehead atoms. The van der Waals surface area contributed by atoms with Gasteiger partial charge in [-0.2, -0.15) is 0 Å². The highest BCUT2D eigenvalue weighted by Gasteiger charge is 2.45. The molecule has 0 radical (unpaired) electrons. The first-order chi connectivity index (χ1) is 12.0. The standard InChI is InChI=1S/C14H18N6O5/c15-14(23)24-3-7-9(21)10(22)13(25-7)20-5-18-8-11(19-6-1-2-6)16-4-17-12(8)20/h4-7,9-10,13,21-22H,1-3H2,(H2,15,23)(H,16,17,19). The van der Waals surface area contributed by atoms with E-state index in [1.807, 2.05) is 0 Å². The van der Waals surface area contributed by atoms with Gasteiger partial charge in [-0.15, -0.1) is 0 Å². The molecule has 11 nitrogen and oxygen atoms in total. The van der Waals surface area contributed by atoms with Crippen LogP contribution in [0.3, 0.4) is 0 Å². The number of rotatable bonds is 5. The summed E-state index contributed by atoms with van der Waals surface area (Å²) in [5, 5.41) is 23.7. The first-order valence-corrected chi connectivity index (χ1v) is 7.92. The highest BCUT2D eigenvalue weighted by Crippen LogP contribution is 2.33. The van der Waals surface area contributed by atoms with Gasteiger partial charge in [0.05, 0.1) is 6.33 Å². The monoisotopic (exact) mass is 350 g/mol. The molecule has 3 heterocycles. The van der Waals surface area contributed by atoms with E-state index in [2.05, 4.69) is 25.0 Å². The van der Waals surface area contributed by atoms with E-state index < -0.39 is 30.6 Å². The third-order valence-electron chi connectivity index (χ3n) is 4.28. The van der Waals surface area contributed by atoms with Crippen LogP contribution < -0.4 is 11.1 Å². The largest absolute Gasteiger partial charge is 0.447 e. The zero-order chi connectivity index (χ0) is 17.6. The summed E-state index contributed by atoms with van der Waals surface area (Å²) in [5.74, 6) is 0.618. The molecular weight excluding hydrogens is 332 g/mol. The number of anilines is 1. The van der Waals surface area contributed by atoms with E-state index >= 15 is 0 Å². The van der Waals surface area contributed by atoms with E-state index in [-0.39, 0.29) is 6.61 Å². The van der Waals surface area contributed by atoms with Crippen molar-refractivity contribution < 1.29 is 24.5 Å². The number of amides is 1. The number of hydrogen-bond acceptors (Lipinski definition) is 9. The maximum absolute atomic E-state index is 10.7. The van der Waals surface area contributed by atoms with Crippen LogP contribution in [0.1, 0.15) is 19.1 Å². The predicted octanol–water partition coefficient (Wildman–Crippen LogP) is -0.885. The number of aliphatic hydroxyl groups excluding tert-OH is 2. The molecule has 25 heavy (non-hydrogen) atoms. The van der Waals surface area contributed by atoms with Crippen LogP contribution in [0.5, 0.6) is 0 Å². The Labute approximate surface area is 141 Å². The fourth-order valence-corrected chi connectivity index (χ4v) is 2.83. The van der Waals surface area contributed by atoms with Crippen molar-refractivity contribution >= 4 is 23.1 Å². The second-order valence-corrected chi connectivity index (χ2v) is 6.14. The second kappa shape index (κ2) is 6.10. The van der Waals surface area contributed by atoms with Gasteiger partial charge in [-0.3, -0.25) is 4.57 Å². The van der Waals surface area contributed by atoms with Crippen molar-refractivity contribution in [1.29, 1.82) is 0 Å². The second-order valence-electron chi connectivity index (χ2n) is 6.14. The maximum Gasteiger partial charge on any atom is 0.404 e. The van der Waals surface area contributed by atoms with Crippen molar-refractivity contribution in [3.8, 4) is 0 Å². The molecule has 2 aliphatic rings. The lowest BCUT2D eigenvalue weighted by Crippen LogP contribution is -2.35. The molecule has 4 atom stereocenters. The smallest absolute Gasteiger partial charge is 0.404 e. The van der Waals surface area contributed by atoms with E-state index in [4.69, 9.17) is 10.5 Å². The molecule has 134 valence electrons. The van der Waals surface area contributed by atoms with Crippen LogP contribution in [0.2, 0.25) is 0 Å². The van der Waals surface area contributed by atoms with Gasteiger partial charge in [-0.05, 0) is 12.8 Å². The van der Waals surface area contributed by atoms with Crippen molar-refractivity contribution in [2.24, 2.45) is 5.73 Å². The van der Waals surface area contributed by atoms with Crippen LogP contribution in [0.15, 0.2) is 12.7 Å². The van der Waals surface area contributed by atoms with Crippen LogP contribution in [0.4, 0.5) is 10.6 Å². The van der Waals surface area contributed by atoms with Crippen LogP contribution >= 0.6 is 0 Å². The zero-order valence-electron chi connectivity index (χ0n) is 13.1. The van der Waals surface area contributed by atoms with Gasteiger partial charge >= 0.3 is 6.09 Å². The van der Waals surface area contributed by atoms with Gasteiger partial charge < -0.3 is 30.7 Å². The number of carbonyl (C=O) groups excluding carboxylic acids is 1. The highest BCUT2D eigenvalue weighted by molar-refractivity contribution is 5.83. The third-order valence-corrected chi connectivity index (χ3v) is 4.28. The number of aromatic nitrogens is 4. The molecule has 4 unspecified atom stereocenters. The molecule has 2 fully saturated rings. The zero-order valence-corrected chi connectivity index (χ0v) is 13.1. The SMILES string of the molecule is NC(=O)OCC1OC(n2cnc3c(NC4CC4)ncnc32)C(O)C1O. The minimum Gasteiger partial charge on any atom is -0.447 e. The molecule has 1 saturated heterocycles. The number of nitrogens with two attached hydrogens (primary N) is 1. The molecule has 1 aliphatic carbocycles. The molecule has 1 saturated carbocycles. The Hall–Kier alpha value is -2.50.